The number of carbonyl (C=O) groups excluding carboxylic acids is 2. The maximum atomic E-state index is 13.5. The number of pyridine rings is 1. The quantitative estimate of drug-likeness (QED) is 0.590. The Kier molecular flexibility index (Phi) is 6.33. The van der Waals surface area contributed by atoms with E-state index in [2.05, 4.69) is 4.98 Å². The minimum absolute atomic E-state index is 0.102. The topological polar surface area (TPSA) is 90.9 Å². The SMILES string of the molecule is Cc1cc(C(F)(F)F)cc(N2C(=O)N(S(C)(=O)=O)CC2C(=O)N(C)c2ccc(F)c(Cl)c2)n1. The highest BCUT2D eigenvalue weighted by molar-refractivity contribution is 7.88. The molecule has 2 aromatic rings. The molecular formula is C19H17ClF4N4O4S. The zero-order valence-electron chi connectivity index (χ0n) is 17.4. The van der Waals surface area contributed by atoms with E-state index < -0.39 is 57.9 Å². The zero-order valence-corrected chi connectivity index (χ0v) is 19.0. The van der Waals surface area contributed by atoms with Crippen LogP contribution in [-0.2, 0) is 21.0 Å². The van der Waals surface area contributed by atoms with Crippen LogP contribution in [0.3, 0.4) is 0 Å². The summed E-state index contributed by atoms with van der Waals surface area (Å²) in [5.74, 6) is -2.14. The van der Waals surface area contributed by atoms with E-state index in [9.17, 15) is 35.6 Å². The summed E-state index contributed by atoms with van der Waals surface area (Å²) in [5.41, 5.74) is -1.11. The number of alkyl halides is 3. The fourth-order valence-corrected chi connectivity index (χ4v) is 4.23. The van der Waals surface area contributed by atoms with Crippen LogP contribution in [0.5, 0.6) is 0 Å². The minimum Gasteiger partial charge on any atom is -0.314 e. The molecule has 1 aromatic heterocycles. The highest BCUT2D eigenvalue weighted by Gasteiger charge is 2.48. The van der Waals surface area contributed by atoms with Crippen molar-refractivity contribution in [1.29, 1.82) is 0 Å². The molecule has 178 valence electrons. The molecule has 0 aliphatic carbocycles. The van der Waals surface area contributed by atoms with Crippen LogP contribution in [0.4, 0.5) is 33.9 Å². The van der Waals surface area contributed by atoms with Crippen molar-refractivity contribution in [3.8, 4) is 0 Å². The zero-order chi connectivity index (χ0) is 24.9. The van der Waals surface area contributed by atoms with E-state index in [1.54, 1.807) is 0 Å². The number of nitrogens with zero attached hydrogens (tertiary/aromatic N) is 4. The number of halogens is 5. The lowest BCUT2D eigenvalue weighted by Crippen LogP contribution is -2.47. The van der Waals surface area contributed by atoms with Crippen molar-refractivity contribution in [3.63, 3.8) is 0 Å². The first-order chi connectivity index (χ1) is 15.1. The van der Waals surface area contributed by atoms with Crippen LogP contribution >= 0.6 is 11.6 Å². The molecule has 0 N–H and O–H groups in total. The van der Waals surface area contributed by atoms with Gasteiger partial charge < -0.3 is 4.90 Å². The Bertz CT molecular complexity index is 1240. The fraction of sp³-hybridized carbons (Fsp3) is 0.316. The third-order valence-corrected chi connectivity index (χ3v) is 6.29. The number of urea groups is 1. The van der Waals surface area contributed by atoms with Crippen LogP contribution in [0, 0.1) is 12.7 Å². The third-order valence-electron chi connectivity index (χ3n) is 4.89. The summed E-state index contributed by atoms with van der Waals surface area (Å²) in [6.45, 7) is 0.601. The van der Waals surface area contributed by atoms with Gasteiger partial charge in [-0.2, -0.15) is 13.2 Å². The predicted molar refractivity (Wildman–Crippen MR) is 112 cm³/mol. The molecule has 1 aliphatic heterocycles. The van der Waals surface area contributed by atoms with E-state index in [1.165, 1.54) is 20.0 Å². The number of likely N-dealkylation sites (N-methyl/N-ethyl adjacent to an activating group) is 1. The fourth-order valence-electron chi connectivity index (χ4n) is 3.28. The van der Waals surface area contributed by atoms with Crippen molar-refractivity contribution in [2.75, 3.05) is 29.6 Å². The molecule has 1 atom stereocenters. The van der Waals surface area contributed by atoms with Gasteiger partial charge in [0, 0.05) is 18.4 Å². The molecule has 1 aromatic carbocycles. The van der Waals surface area contributed by atoms with E-state index in [4.69, 9.17) is 11.6 Å². The Labute approximate surface area is 191 Å². The van der Waals surface area contributed by atoms with Gasteiger partial charge >= 0.3 is 12.2 Å². The van der Waals surface area contributed by atoms with E-state index in [-0.39, 0.29) is 16.4 Å². The molecule has 33 heavy (non-hydrogen) atoms. The van der Waals surface area contributed by atoms with E-state index in [0.29, 0.717) is 15.3 Å². The number of anilines is 2. The van der Waals surface area contributed by atoms with Gasteiger partial charge in [0.1, 0.15) is 17.7 Å². The number of carbonyl (C=O) groups is 2. The molecule has 1 unspecified atom stereocenters. The number of hydrogen-bond acceptors (Lipinski definition) is 5. The third kappa shape index (κ3) is 4.88. The lowest BCUT2D eigenvalue weighted by atomic mass is 10.2. The first-order valence-corrected chi connectivity index (χ1v) is 11.4. The van der Waals surface area contributed by atoms with Crippen molar-refractivity contribution in [3.05, 3.63) is 52.4 Å². The summed E-state index contributed by atoms with van der Waals surface area (Å²) in [7, 11) is -2.89. The average Bonchev–Trinajstić information content (AvgIpc) is 3.05. The molecule has 1 saturated heterocycles. The number of sulfonamides is 1. The van der Waals surface area contributed by atoms with Crippen molar-refractivity contribution in [2.24, 2.45) is 0 Å². The number of aryl methyl sites for hydroxylation is 1. The maximum Gasteiger partial charge on any atom is 0.416 e. The Hall–Kier alpha value is -2.93. The standard InChI is InChI=1S/C19H17ClF4N4O4S/c1-10-6-11(19(22,23)24)7-16(25-10)28-15(9-27(18(28)30)33(3,31)32)17(29)26(2)12-4-5-14(21)13(20)8-12/h4-8,15H,9H2,1-3H3. The van der Waals surface area contributed by atoms with Crippen molar-refractivity contribution >= 4 is 45.1 Å². The molecule has 2 heterocycles. The summed E-state index contributed by atoms with van der Waals surface area (Å²) >= 11 is 5.75. The molecule has 0 bridgehead atoms. The molecule has 14 heteroatoms. The Morgan fingerprint density at radius 1 is 1.24 bits per heavy atom. The lowest BCUT2D eigenvalue weighted by Gasteiger charge is -2.27. The predicted octanol–water partition coefficient (Wildman–Crippen LogP) is 3.43. The number of benzene rings is 1. The summed E-state index contributed by atoms with van der Waals surface area (Å²) in [6, 6.07) is 1.90. The smallest absolute Gasteiger partial charge is 0.314 e. The lowest BCUT2D eigenvalue weighted by molar-refractivity contribution is -0.137. The first kappa shape index (κ1) is 24.7. The van der Waals surface area contributed by atoms with Gasteiger partial charge in [-0.1, -0.05) is 11.6 Å². The van der Waals surface area contributed by atoms with Crippen LogP contribution in [0.25, 0.3) is 0 Å². The van der Waals surface area contributed by atoms with E-state index >= 15 is 0 Å². The normalized spacial score (nSPS) is 17.0. The van der Waals surface area contributed by atoms with Gasteiger partial charge in [0.05, 0.1) is 23.4 Å². The molecule has 1 aliphatic rings. The molecule has 0 saturated carbocycles. The van der Waals surface area contributed by atoms with Gasteiger partial charge in [-0.3, -0.25) is 9.69 Å². The number of rotatable bonds is 4. The van der Waals surface area contributed by atoms with Gasteiger partial charge in [-0.25, -0.2) is 26.9 Å². The largest absolute Gasteiger partial charge is 0.416 e. The molecule has 0 radical (unpaired) electrons. The van der Waals surface area contributed by atoms with Crippen LogP contribution < -0.4 is 9.80 Å². The van der Waals surface area contributed by atoms with Gasteiger partial charge in [0.15, 0.2) is 0 Å². The second-order valence-corrected chi connectivity index (χ2v) is 9.63. The van der Waals surface area contributed by atoms with Crippen molar-refractivity contribution in [2.45, 2.75) is 19.1 Å². The molecule has 3 amide bonds. The van der Waals surface area contributed by atoms with Gasteiger partial charge in [0.25, 0.3) is 5.91 Å². The van der Waals surface area contributed by atoms with Crippen LogP contribution in [0.1, 0.15) is 11.3 Å². The first-order valence-electron chi connectivity index (χ1n) is 9.20. The number of aromatic nitrogens is 1. The summed E-state index contributed by atoms with van der Waals surface area (Å²) < 4.78 is 78.0. The summed E-state index contributed by atoms with van der Waals surface area (Å²) in [5, 5.41) is -0.292. The molecule has 8 nitrogen and oxygen atoms in total. The maximum absolute atomic E-state index is 13.5. The average molecular weight is 509 g/mol. The second kappa shape index (κ2) is 8.45. The molecule has 0 spiro atoms. The van der Waals surface area contributed by atoms with Gasteiger partial charge in [-0.15, -0.1) is 0 Å². The van der Waals surface area contributed by atoms with Crippen LogP contribution in [0.2, 0.25) is 5.02 Å². The molecule has 3 rings (SSSR count). The van der Waals surface area contributed by atoms with Gasteiger partial charge in [-0.05, 0) is 37.3 Å². The van der Waals surface area contributed by atoms with Crippen molar-refractivity contribution in [1.82, 2.24) is 9.29 Å². The molecular weight excluding hydrogens is 492 g/mol. The second-order valence-electron chi connectivity index (χ2n) is 7.31. The number of amides is 3. The monoisotopic (exact) mass is 508 g/mol. The Balaban J connectivity index is 2.10. The Morgan fingerprint density at radius 2 is 1.88 bits per heavy atom. The summed E-state index contributed by atoms with van der Waals surface area (Å²) in [4.78, 5) is 31.7. The van der Waals surface area contributed by atoms with E-state index in [1.807, 2.05) is 0 Å². The minimum atomic E-state index is -4.77. The Morgan fingerprint density at radius 3 is 2.42 bits per heavy atom. The number of hydrogen-bond donors (Lipinski definition) is 0. The highest BCUT2D eigenvalue weighted by Crippen LogP contribution is 2.34. The van der Waals surface area contributed by atoms with E-state index in [0.717, 1.165) is 29.4 Å². The van der Waals surface area contributed by atoms with Crippen LogP contribution in [-0.4, -0.2) is 55.5 Å². The van der Waals surface area contributed by atoms with Crippen molar-refractivity contribution < 1.29 is 35.6 Å². The highest BCUT2D eigenvalue weighted by atomic mass is 35.5. The van der Waals surface area contributed by atoms with Gasteiger partial charge in [0.2, 0.25) is 10.0 Å². The summed E-state index contributed by atoms with van der Waals surface area (Å²) in [6.07, 6.45) is -4.05. The van der Waals surface area contributed by atoms with Crippen LogP contribution in [0.15, 0.2) is 30.3 Å². The molecule has 1 fully saturated rings.